The molecule has 2 heterocycles. The van der Waals surface area contributed by atoms with Gasteiger partial charge in [-0.15, -0.1) is 0 Å². The van der Waals surface area contributed by atoms with Crippen LogP contribution >= 0.6 is 0 Å². The van der Waals surface area contributed by atoms with Gasteiger partial charge in [-0.25, -0.2) is 9.37 Å². The molecule has 1 amide bonds. The number of nitrogens with two attached hydrogens (primary N) is 1. The molecule has 1 aliphatic rings. The molecule has 1 saturated heterocycles. The maximum absolute atomic E-state index is 13.3. The molecular weight excluding hydrogens is 361 g/mol. The summed E-state index contributed by atoms with van der Waals surface area (Å²) in [5.74, 6) is -0.407. The first kappa shape index (κ1) is 20.2. The molecule has 0 bridgehead atoms. The topological polar surface area (TPSA) is 77.7 Å². The van der Waals surface area contributed by atoms with E-state index in [1.165, 1.54) is 18.3 Å². The van der Waals surface area contributed by atoms with Crippen LogP contribution < -0.4 is 10.5 Å². The molecule has 2 aromatic rings. The number of hydrogen-bond acceptors (Lipinski definition) is 5. The van der Waals surface area contributed by atoms with Crippen molar-refractivity contribution in [2.75, 3.05) is 26.2 Å². The van der Waals surface area contributed by atoms with Gasteiger partial charge in [-0.2, -0.15) is 0 Å². The Balaban J connectivity index is 1.66. The van der Waals surface area contributed by atoms with E-state index < -0.39 is 5.91 Å². The molecule has 0 radical (unpaired) electrons. The van der Waals surface area contributed by atoms with Gasteiger partial charge in [0.2, 0.25) is 0 Å². The van der Waals surface area contributed by atoms with E-state index in [4.69, 9.17) is 15.2 Å². The van der Waals surface area contributed by atoms with E-state index >= 15 is 0 Å². The first-order valence-corrected chi connectivity index (χ1v) is 9.49. The Morgan fingerprint density at radius 3 is 2.61 bits per heavy atom. The lowest BCUT2D eigenvalue weighted by Crippen LogP contribution is -2.45. The van der Waals surface area contributed by atoms with Crippen LogP contribution in [0.25, 0.3) is 11.1 Å². The molecule has 28 heavy (non-hydrogen) atoms. The van der Waals surface area contributed by atoms with Gasteiger partial charge in [0.15, 0.2) is 0 Å². The summed E-state index contributed by atoms with van der Waals surface area (Å²) in [6, 6.07) is 7.59. The molecule has 2 N–H and O–H groups in total. The van der Waals surface area contributed by atoms with E-state index in [-0.39, 0.29) is 23.7 Å². The number of primary amides is 1. The van der Waals surface area contributed by atoms with Crippen LogP contribution in [0.1, 0.15) is 30.8 Å². The highest BCUT2D eigenvalue weighted by atomic mass is 19.1. The molecule has 0 spiro atoms. The highest BCUT2D eigenvalue weighted by Gasteiger charge is 2.21. The Hall–Kier alpha value is -2.51. The van der Waals surface area contributed by atoms with E-state index in [0.717, 1.165) is 31.6 Å². The van der Waals surface area contributed by atoms with Crippen LogP contribution in [0.5, 0.6) is 5.75 Å². The lowest BCUT2D eigenvalue weighted by Gasteiger charge is -2.35. The van der Waals surface area contributed by atoms with E-state index in [0.29, 0.717) is 17.9 Å². The second-order valence-electron chi connectivity index (χ2n) is 7.16. The van der Waals surface area contributed by atoms with Gasteiger partial charge in [0.05, 0.1) is 25.0 Å². The number of amides is 1. The highest BCUT2D eigenvalue weighted by molar-refractivity contribution is 5.92. The maximum atomic E-state index is 13.3. The summed E-state index contributed by atoms with van der Waals surface area (Å²) in [7, 11) is 0. The molecule has 6 nitrogen and oxygen atoms in total. The van der Waals surface area contributed by atoms with Crippen LogP contribution in [0.15, 0.2) is 36.5 Å². The second-order valence-corrected chi connectivity index (χ2v) is 7.16. The molecule has 1 aromatic heterocycles. The summed E-state index contributed by atoms with van der Waals surface area (Å²) in [4.78, 5) is 17.9. The van der Waals surface area contributed by atoms with Gasteiger partial charge in [0.1, 0.15) is 17.3 Å². The Morgan fingerprint density at radius 2 is 1.96 bits per heavy atom. The van der Waals surface area contributed by atoms with E-state index in [9.17, 15) is 9.18 Å². The lowest BCUT2D eigenvalue weighted by atomic mass is 10.0. The Labute approximate surface area is 164 Å². The van der Waals surface area contributed by atoms with E-state index in [1.807, 2.05) is 0 Å². The fourth-order valence-electron chi connectivity index (χ4n) is 3.48. The summed E-state index contributed by atoms with van der Waals surface area (Å²) in [5, 5.41) is 0. The van der Waals surface area contributed by atoms with Gasteiger partial charge in [-0.05, 0) is 44.0 Å². The van der Waals surface area contributed by atoms with Gasteiger partial charge in [-0.3, -0.25) is 9.69 Å². The molecule has 1 aromatic carbocycles. The van der Waals surface area contributed by atoms with Gasteiger partial charge in [0.25, 0.3) is 5.91 Å². The summed E-state index contributed by atoms with van der Waals surface area (Å²) in [5.41, 5.74) is 6.88. The maximum Gasteiger partial charge on any atom is 0.267 e. The van der Waals surface area contributed by atoms with Gasteiger partial charge in [0, 0.05) is 25.2 Å². The number of benzene rings is 1. The van der Waals surface area contributed by atoms with Crippen LogP contribution in [0, 0.1) is 5.82 Å². The number of morpholine rings is 1. The predicted molar refractivity (Wildman–Crippen MR) is 105 cm³/mol. The number of hydrogen-bond donors (Lipinski definition) is 1. The predicted octanol–water partition coefficient (Wildman–Crippen LogP) is 2.86. The molecule has 0 aliphatic carbocycles. The molecule has 2 atom stereocenters. The van der Waals surface area contributed by atoms with Crippen LogP contribution in [-0.4, -0.2) is 54.2 Å². The normalized spacial score (nSPS) is 20.1. The van der Waals surface area contributed by atoms with Crippen LogP contribution in [0.3, 0.4) is 0 Å². The van der Waals surface area contributed by atoms with E-state index in [1.54, 1.807) is 18.2 Å². The monoisotopic (exact) mass is 387 g/mol. The molecule has 7 heteroatoms. The van der Waals surface area contributed by atoms with Crippen molar-refractivity contribution in [1.29, 1.82) is 0 Å². The van der Waals surface area contributed by atoms with Crippen molar-refractivity contribution in [1.82, 2.24) is 9.88 Å². The third-order valence-electron chi connectivity index (χ3n) is 4.65. The number of carbonyl (C=O) groups is 1. The highest BCUT2D eigenvalue weighted by Crippen LogP contribution is 2.30. The summed E-state index contributed by atoms with van der Waals surface area (Å²) >= 11 is 0. The Kier molecular flexibility index (Phi) is 6.59. The fourth-order valence-corrected chi connectivity index (χ4v) is 3.48. The van der Waals surface area contributed by atoms with Crippen LogP contribution in [0.2, 0.25) is 0 Å². The number of rotatable bonds is 7. The molecule has 150 valence electrons. The van der Waals surface area contributed by atoms with Crippen LogP contribution in [0.4, 0.5) is 4.39 Å². The third kappa shape index (κ3) is 5.27. The number of carbonyl (C=O) groups excluding carboxylic acids is 1. The quantitative estimate of drug-likeness (QED) is 0.739. The number of aromatic nitrogens is 1. The lowest BCUT2D eigenvalue weighted by molar-refractivity contribution is -0.0686. The summed E-state index contributed by atoms with van der Waals surface area (Å²) in [6.45, 7) is 7.42. The minimum atomic E-state index is -0.620. The second kappa shape index (κ2) is 9.12. The molecular formula is C21H26FN3O3. The average Bonchev–Trinajstić information content (AvgIpc) is 2.65. The van der Waals surface area contributed by atoms with Crippen molar-refractivity contribution < 1.29 is 18.7 Å². The molecule has 1 aliphatic heterocycles. The minimum absolute atomic E-state index is 0.142. The van der Waals surface area contributed by atoms with Crippen molar-refractivity contribution >= 4 is 5.91 Å². The summed E-state index contributed by atoms with van der Waals surface area (Å²) in [6.07, 6.45) is 2.82. The smallest absolute Gasteiger partial charge is 0.267 e. The third-order valence-corrected chi connectivity index (χ3v) is 4.65. The number of pyridine rings is 1. The van der Waals surface area contributed by atoms with Crippen molar-refractivity contribution in [3.05, 3.63) is 48.0 Å². The van der Waals surface area contributed by atoms with Gasteiger partial charge < -0.3 is 15.2 Å². The molecule has 3 rings (SSSR count). The first-order valence-electron chi connectivity index (χ1n) is 9.49. The van der Waals surface area contributed by atoms with Crippen molar-refractivity contribution in [2.24, 2.45) is 5.73 Å². The SMILES string of the molecule is C[C@@H]1CN(CCCOc2cnc(C(N)=O)cc2-c2ccc(F)cc2)C[C@H](C)O1. The minimum Gasteiger partial charge on any atom is -0.491 e. The number of halogens is 1. The molecule has 1 fully saturated rings. The van der Waals surface area contributed by atoms with E-state index in [2.05, 4.69) is 23.7 Å². The largest absolute Gasteiger partial charge is 0.491 e. The first-order chi connectivity index (χ1) is 13.4. The average molecular weight is 387 g/mol. The summed E-state index contributed by atoms with van der Waals surface area (Å²) < 4.78 is 24.9. The zero-order valence-corrected chi connectivity index (χ0v) is 16.2. The van der Waals surface area contributed by atoms with Crippen molar-refractivity contribution in [3.63, 3.8) is 0 Å². The fraction of sp³-hybridized carbons (Fsp3) is 0.429. The zero-order valence-electron chi connectivity index (χ0n) is 16.2. The Morgan fingerprint density at radius 1 is 1.29 bits per heavy atom. The van der Waals surface area contributed by atoms with Crippen LogP contribution in [-0.2, 0) is 4.74 Å². The van der Waals surface area contributed by atoms with Crippen molar-refractivity contribution in [3.8, 4) is 16.9 Å². The molecule has 0 saturated carbocycles. The molecule has 0 unspecified atom stereocenters. The standard InChI is InChI=1S/C21H26FN3O3/c1-14-12-25(13-15(2)28-14)8-3-9-27-20-11-24-19(21(23)26)10-18(20)16-4-6-17(22)7-5-16/h4-7,10-11,14-15H,3,8-9,12-13H2,1-2H3,(H2,23,26)/t14-,15+. The Bertz CT molecular complexity index is 803. The van der Waals surface area contributed by atoms with Gasteiger partial charge in [-0.1, -0.05) is 12.1 Å². The number of ether oxygens (including phenoxy) is 2. The van der Waals surface area contributed by atoms with Crippen molar-refractivity contribution in [2.45, 2.75) is 32.5 Å². The number of nitrogens with zero attached hydrogens (tertiary/aromatic N) is 2. The van der Waals surface area contributed by atoms with Gasteiger partial charge >= 0.3 is 0 Å². The zero-order chi connectivity index (χ0) is 20.1.